The van der Waals surface area contributed by atoms with Crippen LogP contribution in [-0.2, 0) is 9.59 Å². The second-order valence-electron chi connectivity index (χ2n) is 9.81. The van der Waals surface area contributed by atoms with E-state index < -0.39 is 11.1 Å². The van der Waals surface area contributed by atoms with Crippen molar-refractivity contribution in [3.63, 3.8) is 0 Å². The Morgan fingerprint density at radius 3 is 1.27 bits per heavy atom. The summed E-state index contributed by atoms with van der Waals surface area (Å²) in [5.74, 6) is -0.357. The van der Waals surface area contributed by atoms with Gasteiger partial charge in [0.25, 0.3) is 0 Å². The quantitative estimate of drug-likeness (QED) is 0.589. The highest BCUT2D eigenvalue weighted by Gasteiger charge is 2.34. The second kappa shape index (κ2) is 10.7. The van der Waals surface area contributed by atoms with E-state index in [9.17, 15) is 9.59 Å². The van der Waals surface area contributed by atoms with Crippen LogP contribution in [0.3, 0.4) is 0 Å². The van der Waals surface area contributed by atoms with E-state index in [-0.39, 0.29) is 24.1 Å². The summed E-state index contributed by atoms with van der Waals surface area (Å²) in [6.45, 7) is 15.0. The Labute approximate surface area is 182 Å². The largest absolute Gasteiger partial charge is 0.339 e. The molecule has 2 aliphatic heterocycles. The molecule has 30 heavy (non-hydrogen) atoms. The first kappa shape index (κ1) is 24.7. The van der Waals surface area contributed by atoms with E-state index in [0.717, 1.165) is 26.2 Å². The third-order valence-corrected chi connectivity index (χ3v) is 6.22. The Kier molecular flexibility index (Phi) is 8.79. The molecule has 2 heterocycles. The molecular weight excluding hydrogens is 380 g/mol. The lowest BCUT2D eigenvalue weighted by Gasteiger charge is -2.34. The van der Waals surface area contributed by atoms with Gasteiger partial charge in [-0.1, -0.05) is 12.8 Å². The van der Waals surface area contributed by atoms with Gasteiger partial charge in [0, 0.05) is 26.2 Å². The SMILES string of the molecule is CC(NC(=O)C(C)(C)/N=N/C(C)(C)C(=O)NC(C)N1CCCCC1)N1CCCCC1. The van der Waals surface area contributed by atoms with Gasteiger partial charge >= 0.3 is 0 Å². The van der Waals surface area contributed by atoms with Crippen LogP contribution in [0.15, 0.2) is 10.2 Å². The molecule has 2 atom stereocenters. The van der Waals surface area contributed by atoms with Crippen LogP contribution in [0, 0.1) is 0 Å². The molecule has 0 aromatic carbocycles. The molecule has 0 saturated carbocycles. The minimum absolute atomic E-state index is 0.0334. The molecule has 2 amide bonds. The monoisotopic (exact) mass is 422 g/mol. The first-order chi connectivity index (χ1) is 14.0. The van der Waals surface area contributed by atoms with Crippen molar-refractivity contribution in [1.29, 1.82) is 0 Å². The maximum absolute atomic E-state index is 12.8. The summed E-state index contributed by atoms with van der Waals surface area (Å²) >= 11 is 0. The molecule has 2 saturated heterocycles. The number of azo groups is 1. The molecule has 2 aliphatic rings. The molecule has 8 nitrogen and oxygen atoms in total. The van der Waals surface area contributed by atoms with Crippen LogP contribution in [0.25, 0.3) is 0 Å². The Hall–Kier alpha value is -1.54. The van der Waals surface area contributed by atoms with Crippen LogP contribution in [-0.4, -0.2) is 71.2 Å². The number of hydrogen-bond donors (Lipinski definition) is 2. The van der Waals surface area contributed by atoms with E-state index in [1.54, 1.807) is 27.7 Å². The van der Waals surface area contributed by atoms with Crippen LogP contribution in [0.4, 0.5) is 0 Å². The summed E-state index contributed by atoms with van der Waals surface area (Å²) in [6.07, 6.45) is 7.12. The zero-order chi connectivity index (χ0) is 22.4. The molecule has 0 aliphatic carbocycles. The van der Waals surface area contributed by atoms with Crippen molar-refractivity contribution in [2.24, 2.45) is 10.2 Å². The van der Waals surface area contributed by atoms with Gasteiger partial charge in [-0.3, -0.25) is 19.4 Å². The van der Waals surface area contributed by atoms with Gasteiger partial charge in [0.05, 0.1) is 12.3 Å². The summed E-state index contributed by atoms with van der Waals surface area (Å²) in [5.41, 5.74) is -2.08. The lowest BCUT2D eigenvalue weighted by atomic mass is 10.0. The van der Waals surface area contributed by atoms with Gasteiger partial charge in [0.1, 0.15) is 0 Å². The van der Waals surface area contributed by atoms with Crippen molar-refractivity contribution >= 4 is 11.8 Å². The van der Waals surface area contributed by atoms with Crippen LogP contribution < -0.4 is 10.6 Å². The fourth-order valence-corrected chi connectivity index (χ4v) is 3.87. The van der Waals surface area contributed by atoms with Gasteiger partial charge < -0.3 is 10.6 Å². The van der Waals surface area contributed by atoms with E-state index in [2.05, 4.69) is 30.7 Å². The molecule has 0 spiro atoms. The third-order valence-electron chi connectivity index (χ3n) is 6.22. The smallest absolute Gasteiger partial charge is 0.250 e. The Balaban J connectivity index is 1.91. The van der Waals surface area contributed by atoms with Crippen LogP contribution >= 0.6 is 0 Å². The van der Waals surface area contributed by atoms with Gasteiger partial charge in [0.2, 0.25) is 11.8 Å². The lowest BCUT2D eigenvalue weighted by Crippen LogP contribution is -2.54. The van der Waals surface area contributed by atoms with Crippen LogP contribution in [0.5, 0.6) is 0 Å². The standard InChI is InChI=1S/C22H42N6O2/c1-17(27-13-9-7-10-14-27)23-19(29)21(3,4)25-26-22(5,6)20(30)24-18(2)28-15-11-8-12-16-28/h17-18H,7-16H2,1-6H3,(H,23,29)(H,24,30)/b26-25+. The van der Waals surface area contributed by atoms with E-state index in [1.165, 1.54) is 38.5 Å². The molecule has 0 aromatic heterocycles. The van der Waals surface area contributed by atoms with Gasteiger partial charge in [-0.2, -0.15) is 10.2 Å². The first-order valence-corrected chi connectivity index (χ1v) is 11.6. The molecule has 172 valence electrons. The Morgan fingerprint density at radius 1 is 0.667 bits per heavy atom. The number of rotatable bonds is 8. The predicted molar refractivity (Wildman–Crippen MR) is 119 cm³/mol. The molecule has 2 N–H and O–H groups in total. The van der Waals surface area contributed by atoms with E-state index in [4.69, 9.17) is 0 Å². The third kappa shape index (κ3) is 7.01. The first-order valence-electron chi connectivity index (χ1n) is 11.6. The highest BCUT2D eigenvalue weighted by Crippen LogP contribution is 2.19. The summed E-state index contributed by atoms with van der Waals surface area (Å²) in [7, 11) is 0. The highest BCUT2D eigenvalue weighted by atomic mass is 16.2. The van der Waals surface area contributed by atoms with Crippen molar-refractivity contribution in [2.75, 3.05) is 26.2 Å². The van der Waals surface area contributed by atoms with Crippen molar-refractivity contribution in [1.82, 2.24) is 20.4 Å². The second-order valence-corrected chi connectivity index (χ2v) is 9.81. The van der Waals surface area contributed by atoms with Crippen LogP contribution in [0.1, 0.15) is 80.1 Å². The zero-order valence-electron chi connectivity index (χ0n) is 19.8. The molecule has 8 heteroatoms. The number of nitrogens with zero attached hydrogens (tertiary/aromatic N) is 4. The van der Waals surface area contributed by atoms with Crippen molar-refractivity contribution in [3.8, 4) is 0 Å². The van der Waals surface area contributed by atoms with Crippen molar-refractivity contribution in [2.45, 2.75) is 103 Å². The van der Waals surface area contributed by atoms with E-state index in [1.807, 2.05) is 13.8 Å². The van der Waals surface area contributed by atoms with Crippen molar-refractivity contribution in [3.05, 3.63) is 0 Å². The fourth-order valence-electron chi connectivity index (χ4n) is 3.87. The number of nitrogens with one attached hydrogen (secondary N) is 2. The summed E-state index contributed by atoms with van der Waals surface area (Å²) in [5, 5.41) is 14.7. The minimum Gasteiger partial charge on any atom is -0.339 e. The maximum atomic E-state index is 12.8. The summed E-state index contributed by atoms with van der Waals surface area (Å²) < 4.78 is 0. The summed E-state index contributed by atoms with van der Waals surface area (Å²) in [6, 6.07) is 0. The predicted octanol–water partition coefficient (Wildman–Crippen LogP) is 2.89. The van der Waals surface area contributed by atoms with Gasteiger partial charge in [-0.05, 0) is 67.2 Å². The number of piperidine rings is 2. The van der Waals surface area contributed by atoms with E-state index in [0.29, 0.717) is 0 Å². The Bertz CT molecular complexity index is 555. The van der Waals surface area contributed by atoms with Gasteiger partial charge in [0.15, 0.2) is 11.1 Å². The fraction of sp³-hybridized carbons (Fsp3) is 0.909. The molecule has 0 bridgehead atoms. The topological polar surface area (TPSA) is 89.4 Å². The average Bonchev–Trinajstić information content (AvgIpc) is 2.73. The molecule has 0 radical (unpaired) electrons. The molecule has 2 fully saturated rings. The zero-order valence-corrected chi connectivity index (χ0v) is 19.8. The molecular formula is C22H42N6O2. The number of amides is 2. The number of hydrogen-bond acceptors (Lipinski definition) is 6. The minimum atomic E-state index is -1.04. The number of carbonyl (C=O) groups excluding carboxylic acids is 2. The van der Waals surface area contributed by atoms with Crippen LogP contribution in [0.2, 0.25) is 0 Å². The highest BCUT2D eigenvalue weighted by molar-refractivity contribution is 5.87. The number of likely N-dealkylation sites (tertiary alicyclic amines) is 2. The normalized spacial score (nSPS) is 21.9. The Morgan fingerprint density at radius 2 is 0.967 bits per heavy atom. The lowest BCUT2D eigenvalue weighted by molar-refractivity contribution is -0.129. The maximum Gasteiger partial charge on any atom is 0.250 e. The molecule has 2 unspecified atom stereocenters. The number of carbonyl (C=O) groups is 2. The van der Waals surface area contributed by atoms with Gasteiger partial charge in [-0.25, -0.2) is 0 Å². The summed E-state index contributed by atoms with van der Waals surface area (Å²) in [4.78, 5) is 30.2. The molecule has 2 rings (SSSR count). The molecule has 0 aromatic rings. The van der Waals surface area contributed by atoms with Gasteiger partial charge in [-0.15, -0.1) is 0 Å². The average molecular weight is 423 g/mol. The van der Waals surface area contributed by atoms with E-state index >= 15 is 0 Å². The van der Waals surface area contributed by atoms with Crippen molar-refractivity contribution < 1.29 is 9.59 Å².